The molecule has 8 heteroatoms. The Labute approximate surface area is 83.5 Å². The van der Waals surface area contributed by atoms with E-state index >= 15 is 0 Å². The van der Waals surface area contributed by atoms with Crippen molar-refractivity contribution >= 4 is 20.2 Å². The van der Waals surface area contributed by atoms with Crippen LogP contribution in [-0.2, 0) is 28.6 Å². The fraction of sp³-hybridized carbons (Fsp3) is 1.00. The molecular formula is C6H12O6S2. The van der Waals surface area contributed by atoms with Gasteiger partial charge in [-0.25, -0.2) is 0 Å². The first-order valence-electron chi connectivity index (χ1n) is 4.09. The topological polar surface area (TPSA) is 86.7 Å². The highest BCUT2D eigenvalue weighted by atomic mass is 32.2. The molecule has 14 heavy (non-hydrogen) atoms. The summed E-state index contributed by atoms with van der Waals surface area (Å²) in [5.41, 5.74) is 0. The van der Waals surface area contributed by atoms with Crippen LogP contribution in [0.1, 0.15) is 13.3 Å². The molecule has 0 aromatic heterocycles. The van der Waals surface area contributed by atoms with Crippen molar-refractivity contribution in [1.29, 1.82) is 0 Å². The lowest BCUT2D eigenvalue weighted by molar-refractivity contribution is 0.259. The van der Waals surface area contributed by atoms with Crippen molar-refractivity contribution in [3.05, 3.63) is 0 Å². The third-order valence-electron chi connectivity index (χ3n) is 1.73. The molecule has 1 saturated heterocycles. The molecule has 1 atom stereocenters. The van der Waals surface area contributed by atoms with Gasteiger partial charge in [0.1, 0.15) is 5.25 Å². The first-order chi connectivity index (χ1) is 6.33. The van der Waals surface area contributed by atoms with E-state index in [1.165, 1.54) is 6.92 Å². The van der Waals surface area contributed by atoms with Gasteiger partial charge in [0.2, 0.25) is 0 Å². The van der Waals surface area contributed by atoms with E-state index in [-0.39, 0.29) is 19.6 Å². The molecule has 6 nitrogen and oxygen atoms in total. The highest BCUT2D eigenvalue weighted by molar-refractivity contribution is 7.91. The van der Waals surface area contributed by atoms with Crippen molar-refractivity contribution < 1.29 is 25.2 Å². The lowest BCUT2D eigenvalue weighted by Gasteiger charge is -2.09. The molecular weight excluding hydrogens is 232 g/mol. The van der Waals surface area contributed by atoms with Gasteiger partial charge in [0.15, 0.2) is 0 Å². The van der Waals surface area contributed by atoms with Gasteiger partial charge in [0, 0.05) is 0 Å². The first kappa shape index (κ1) is 11.9. The number of hydrogen-bond donors (Lipinski definition) is 0. The Balaban J connectivity index is 2.91. The molecule has 0 amide bonds. The van der Waals surface area contributed by atoms with Gasteiger partial charge in [-0.05, 0) is 13.3 Å². The van der Waals surface area contributed by atoms with E-state index in [2.05, 4.69) is 8.37 Å². The Morgan fingerprint density at radius 3 is 2.29 bits per heavy atom. The summed E-state index contributed by atoms with van der Waals surface area (Å²) in [5, 5.41) is -1.09. The summed E-state index contributed by atoms with van der Waals surface area (Å²) in [6, 6.07) is 0. The molecule has 1 rings (SSSR count). The lowest BCUT2D eigenvalue weighted by Crippen LogP contribution is -2.28. The fourth-order valence-corrected chi connectivity index (χ4v) is 3.75. The van der Waals surface area contributed by atoms with Crippen LogP contribution < -0.4 is 0 Å². The fourth-order valence-electron chi connectivity index (χ4n) is 0.955. The van der Waals surface area contributed by atoms with Gasteiger partial charge in [0.25, 0.3) is 20.2 Å². The van der Waals surface area contributed by atoms with Crippen LogP contribution >= 0.6 is 0 Å². The smallest absolute Gasteiger partial charge is 0.270 e. The zero-order valence-electron chi connectivity index (χ0n) is 7.67. The summed E-state index contributed by atoms with van der Waals surface area (Å²) in [7, 11) is -7.52. The molecule has 0 N–H and O–H groups in total. The van der Waals surface area contributed by atoms with E-state index in [1.807, 2.05) is 0 Å². The minimum absolute atomic E-state index is 0.0371. The average molecular weight is 244 g/mol. The van der Waals surface area contributed by atoms with Crippen LogP contribution in [-0.4, -0.2) is 41.1 Å². The van der Waals surface area contributed by atoms with Crippen LogP contribution in [0.2, 0.25) is 0 Å². The third-order valence-corrected chi connectivity index (χ3v) is 5.02. The number of rotatable bonds is 0. The molecule has 0 aromatic carbocycles. The highest BCUT2D eigenvalue weighted by Gasteiger charge is 2.29. The first-order valence-corrected chi connectivity index (χ1v) is 7.14. The third kappa shape index (κ3) is 3.19. The summed E-state index contributed by atoms with van der Waals surface area (Å²) in [5.74, 6) is -0.560. The van der Waals surface area contributed by atoms with Gasteiger partial charge in [-0.2, -0.15) is 16.8 Å². The largest absolute Gasteiger partial charge is 0.271 e. The summed E-state index contributed by atoms with van der Waals surface area (Å²) in [6.07, 6.45) is 0.241. The van der Waals surface area contributed by atoms with E-state index in [4.69, 9.17) is 0 Å². The number of hydrogen-bond acceptors (Lipinski definition) is 6. The van der Waals surface area contributed by atoms with Gasteiger partial charge in [-0.3, -0.25) is 8.37 Å². The quantitative estimate of drug-likeness (QED) is 0.532. The standard InChI is InChI=1S/C6H12O6S2/c1-6-5-13(7,8)11-3-2-4-12-14(6,9)10/h6H,2-5H2,1H3. The van der Waals surface area contributed by atoms with Crippen LogP contribution in [0.4, 0.5) is 0 Å². The molecule has 1 unspecified atom stereocenters. The van der Waals surface area contributed by atoms with Crippen LogP contribution in [0.5, 0.6) is 0 Å². The van der Waals surface area contributed by atoms with Crippen LogP contribution in [0.3, 0.4) is 0 Å². The van der Waals surface area contributed by atoms with E-state index < -0.39 is 31.2 Å². The zero-order chi connectivity index (χ0) is 10.8. The predicted molar refractivity (Wildman–Crippen MR) is 48.7 cm³/mol. The SMILES string of the molecule is CC1CS(=O)(=O)OCCCOS1(=O)=O. The molecule has 1 aliphatic heterocycles. The minimum Gasteiger partial charge on any atom is -0.270 e. The average Bonchev–Trinajstić information content (AvgIpc) is 2.04. The molecule has 1 aliphatic rings. The van der Waals surface area contributed by atoms with Crippen molar-refractivity contribution in [2.75, 3.05) is 19.0 Å². The Morgan fingerprint density at radius 2 is 1.64 bits per heavy atom. The lowest BCUT2D eigenvalue weighted by atomic mass is 10.5. The summed E-state index contributed by atoms with van der Waals surface area (Å²) in [4.78, 5) is 0. The Bertz CT molecular complexity index is 381. The maximum absolute atomic E-state index is 11.3. The Hall–Kier alpha value is -0.180. The van der Waals surface area contributed by atoms with Gasteiger partial charge < -0.3 is 0 Å². The predicted octanol–water partition coefficient (Wildman–Crippen LogP) is -0.529. The van der Waals surface area contributed by atoms with Gasteiger partial charge in [-0.15, -0.1) is 0 Å². The summed E-state index contributed by atoms with van der Waals surface area (Å²) in [6.45, 7) is 1.20. The normalized spacial score (nSPS) is 32.5. The molecule has 0 spiro atoms. The molecule has 0 radical (unpaired) electrons. The maximum atomic E-state index is 11.3. The highest BCUT2D eigenvalue weighted by Crippen LogP contribution is 2.11. The van der Waals surface area contributed by atoms with E-state index in [9.17, 15) is 16.8 Å². The van der Waals surface area contributed by atoms with Gasteiger partial charge >= 0.3 is 0 Å². The summed E-state index contributed by atoms with van der Waals surface area (Å²) < 4.78 is 53.9. The van der Waals surface area contributed by atoms with E-state index in [0.717, 1.165) is 0 Å². The molecule has 1 heterocycles. The van der Waals surface area contributed by atoms with E-state index in [1.54, 1.807) is 0 Å². The van der Waals surface area contributed by atoms with Crippen LogP contribution in [0, 0.1) is 0 Å². The second-order valence-corrected chi connectivity index (χ2v) is 6.74. The molecule has 1 fully saturated rings. The van der Waals surface area contributed by atoms with Crippen molar-refractivity contribution in [3.8, 4) is 0 Å². The second-order valence-electron chi connectivity index (χ2n) is 3.03. The Morgan fingerprint density at radius 1 is 1.07 bits per heavy atom. The molecule has 0 aliphatic carbocycles. The molecule has 0 bridgehead atoms. The Kier molecular flexibility index (Phi) is 3.51. The van der Waals surface area contributed by atoms with Crippen molar-refractivity contribution in [3.63, 3.8) is 0 Å². The van der Waals surface area contributed by atoms with Crippen molar-refractivity contribution in [2.24, 2.45) is 0 Å². The van der Waals surface area contributed by atoms with Crippen molar-refractivity contribution in [2.45, 2.75) is 18.6 Å². The van der Waals surface area contributed by atoms with Gasteiger partial charge in [-0.1, -0.05) is 0 Å². The summed E-state index contributed by atoms with van der Waals surface area (Å²) >= 11 is 0. The monoisotopic (exact) mass is 244 g/mol. The maximum Gasteiger partial charge on any atom is 0.271 e. The molecule has 0 aromatic rings. The zero-order valence-corrected chi connectivity index (χ0v) is 9.30. The van der Waals surface area contributed by atoms with Crippen LogP contribution in [0.15, 0.2) is 0 Å². The molecule has 0 saturated carbocycles. The van der Waals surface area contributed by atoms with Crippen molar-refractivity contribution in [1.82, 2.24) is 0 Å². The van der Waals surface area contributed by atoms with Gasteiger partial charge in [0.05, 0.1) is 19.0 Å². The van der Waals surface area contributed by atoms with E-state index in [0.29, 0.717) is 0 Å². The van der Waals surface area contributed by atoms with Crippen LogP contribution in [0.25, 0.3) is 0 Å². The second kappa shape index (κ2) is 4.13. The molecule has 84 valence electrons. The minimum atomic E-state index is -3.77.